The minimum absolute atomic E-state index is 0.0506. The summed E-state index contributed by atoms with van der Waals surface area (Å²) < 4.78 is 2.07. The maximum atomic E-state index is 11.6. The van der Waals surface area contributed by atoms with Crippen molar-refractivity contribution in [2.24, 2.45) is 0 Å². The molecule has 0 aliphatic rings. The van der Waals surface area contributed by atoms with Gasteiger partial charge in [-0.3, -0.25) is 4.79 Å². The van der Waals surface area contributed by atoms with Gasteiger partial charge in [-0.05, 0) is 93.4 Å². The van der Waals surface area contributed by atoms with Crippen molar-refractivity contribution in [2.75, 3.05) is 5.73 Å². The minimum Gasteiger partial charge on any atom is -0.478 e. The van der Waals surface area contributed by atoms with E-state index in [9.17, 15) is 9.59 Å². The number of anilines is 1. The fourth-order valence-electron chi connectivity index (χ4n) is 2.79. The van der Waals surface area contributed by atoms with Crippen molar-refractivity contribution < 1.29 is 9.90 Å². The number of carbonyl (C=O) groups is 1. The summed E-state index contributed by atoms with van der Waals surface area (Å²) in [6, 6.07) is 7.34. The number of rotatable bonds is 3. The Hall–Kier alpha value is -1.69. The van der Waals surface area contributed by atoms with E-state index in [0.29, 0.717) is 12.1 Å². The molecule has 3 rings (SSSR count). The number of benzene rings is 2. The van der Waals surface area contributed by atoms with E-state index in [2.05, 4.69) is 55.1 Å². The molecule has 0 amide bonds. The number of aromatic carboxylic acids is 1. The number of carboxylic acids is 1. The smallest absolute Gasteiger partial charge is 0.338 e. The Morgan fingerprint density at radius 2 is 1.70 bits per heavy atom. The van der Waals surface area contributed by atoms with Crippen molar-refractivity contribution in [3.8, 4) is 0 Å². The van der Waals surface area contributed by atoms with Gasteiger partial charge in [-0.2, -0.15) is 0 Å². The number of aryl methyl sites for hydroxylation is 1. The maximum absolute atomic E-state index is 11.6. The van der Waals surface area contributed by atoms with Crippen LogP contribution in [0.2, 0.25) is 0 Å². The fourth-order valence-corrected chi connectivity index (χ4v) is 4.45. The maximum Gasteiger partial charge on any atom is 0.338 e. The highest BCUT2D eigenvalue weighted by molar-refractivity contribution is 14.1. The summed E-state index contributed by atoms with van der Waals surface area (Å²) in [4.78, 5) is 29.2. The summed E-state index contributed by atoms with van der Waals surface area (Å²) in [5.74, 6) is -0.951. The highest BCUT2D eigenvalue weighted by atomic mass is 127. The number of hydrogen-bond donors (Lipinski definition) is 3. The Bertz CT molecular complexity index is 1050. The third-order valence-electron chi connectivity index (χ3n) is 4.07. The van der Waals surface area contributed by atoms with Crippen molar-refractivity contribution in [1.82, 2.24) is 9.97 Å². The average Bonchev–Trinajstić information content (AvgIpc) is 2.64. The van der Waals surface area contributed by atoms with Gasteiger partial charge in [0.25, 0.3) is 5.56 Å². The van der Waals surface area contributed by atoms with Crippen LogP contribution in [0.4, 0.5) is 5.69 Å². The molecule has 0 fully saturated rings. The van der Waals surface area contributed by atoms with Gasteiger partial charge in [0.05, 0.1) is 22.8 Å². The number of nitrogen functional groups attached to an aromatic ring is 1. The van der Waals surface area contributed by atoms with E-state index < -0.39 is 5.97 Å². The van der Waals surface area contributed by atoms with E-state index in [1.54, 1.807) is 6.07 Å². The summed E-state index contributed by atoms with van der Waals surface area (Å²) in [5.41, 5.74) is 8.78. The fraction of sp³-hybridized carbons (Fsp3) is 0.211. The molecule has 0 unspecified atom stereocenters. The topological polar surface area (TPSA) is 109 Å². The molecule has 3 aromatic rings. The third-order valence-corrected chi connectivity index (χ3v) is 6.09. The van der Waals surface area contributed by atoms with Crippen LogP contribution in [0.25, 0.3) is 10.9 Å². The van der Waals surface area contributed by atoms with Crippen LogP contribution < -0.4 is 11.3 Å². The molecule has 8 heteroatoms. The Labute approximate surface area is 183 Å². The largest absolute Gasteiger partial charge is 0.478 e. The van der Waals surface area contributed by atoms with Crippen LogP contribution in [0.1, 0.15) is 35.3 Å². The molecular formula is C19H19I2N3O3. The van der Waals surface area contributed by atoms with Gasteiger partial charge < -0.3 is 15.8 Å². The first-order valence-corrected chi connectivity index (χ1v) is 10.4. The van der Waals surface area contributed by atoms with Crippen molar-refractivity contribution in [1.29, 1.82) is 0 Å². The second kappa shape index (κ2) is 9.49. The van der Waals surface area contributed by atoms with Gasteiger partial charge in [-0.25, -0.2) is 9.78 Å². The number of fused-ring (bicyclic) bond motifs is 1. The summed E-state index contributed by atoms with van der Waals surface area (Å²) in [6.07, 6.45) is 2.98. The lowest BCUT2D eigenvalue weighted by Crippen LogP contribution is -2.09. The Balaban J connectivity index is 0.000000194. The standard InChI is InChI=1S/C10H9IN2O.C9H10INO2/c1-2-6-7(11)3-4-8-9(6)10(14)13-5-12-8;1-2-5-6(10)3-4-7(11)8(5)9(12)13/h3-5H,2H2,1H3,(H,12,13,14);3-4H,2,11H2,1H3,(H,12,13). The molecule has 0 radical (unpaired) electrons. The van der Waals surface area contributed by atoms with E-state index in [4.69, 9.17) is 10.8 Å². The van der Waals surface area contributed by atoms with Gasteiger partial charge in [-0.15, -0.1) is 0 Å². The molecule has 0 aliphatic heterocycles. The number of nitrogens with one attached hydrogen (secondary N) is 1. The zero-order valence-corrected chi connectivity index (χ0v) is 19.2. The van der Waals surface area contributed by atoms with E-state index in [0.717, 1.165) is 35.6 Å². The van der Waals surface area contributed by atoms with Crippen LogP contribution in [0.15, 0.2) is 35.4 Å². The van der Waals surface area contributed by atoms with Crippen LogP contribution in [-0.2, 0) is 12.8 Å². The van der Waals surface area contributed by atoms with E-state index >= 15 is 0 Å². The number of carboxylic acid groups (broad SMARTS) is 1. The molecule has 27 heavy (non-hydrogen) atoms. The molecule has 142 valence electrons. The van der Waals surface area contributed by atoms with Crippen molar-refractivity contribution in [3.05, 3.63) is 64.8 Å². The second-order valence-corrected chi connectivity index (χ2v) is 7.98. The Kier molecular flexibility index (Phi) is 7.59. The van der Waals surface area contributed by atoms with Gasteiger partial charge in [0.2, 0.25) is 0 Å². The van der Waals surface area contributed by atoms with Crippen LogP contribution in [-0.4, -0.2) is 21.0 Å². The Morgan fingerprint density at radius 1 is 1.11 bits per heavy atom. The van der Waals surface area contributed by atoms with Crippen LogP contribution in [0, 0.1) is 7.14 Å². The molecule has 6 nitrogen and oxygen atoms in total. The van der Waals surface area contributed by atoms with Crippen molar-refractivity contribution in [2.45, 2.75) is 26.7 Å². The van der Waals surface area contributed by atoms with E-state index in [-0.39, 0.29) is 11.1 Å². The van der Waals surface area contributed by atoms with Gasteiger partial charge in [0.1, 0.15) is 0 Å². The first kappa shape index (κ1) is 21.6. The van der Waals surface area contributed by atoms with E-state index in [1.807, 2.05) is 32.0 Å². The summed E-state index contributed by atoms with van der Waals surface area (Å²) >= 11 is 4.36. The highest BCUT2D eigenvalue weighted by Crippen LogP contribution is 2.23. The molecular weight excluding hydrogens is 572 g/mol. The molecule has 1 aromatic heterocycles. The predicted octanol–water partition coefficient (Wildman–Crippen LogP) is 4.22. The normalized spacial score (nSPS) is 10.4. The quantitative estimate of drug-likeness (QED) is 0.313. The second-order valence-electron chi connectivity index (χ2n) is 5.65. The zero-order chi connectivity index (χ0) is 20.1. The monoisotopic (exact) mass is 591 g/mol. The molecule has 0 saturated heterocycles. The number of aromatic nitrogens is 2. The lowest BCUT2D eigenvalue weighted by atomic mass is 10.0. The first-order valence-electron chi connectivity index (χ1n) is 8.26. The number of nitrogens with two attached hydrogens (primary N) is 1. The summed E-state index contributed by atoms with van der Waals surface area (Å²) in [5, 5.41) is 9.64. The molecule has 0 saturated carbocycles. The first-order chi connectivity index (χ1) is 12.8. The van der Waals surface area contributed by atoms with Crippen molar-refractivity contribution in [3.63, 3.8) is 0 Å². The lowest BCUT2D eigenvalue weighted by Gasteiger charge is -2.08. The van der Waals surface area contributed by atoms with Crippen molar-refractivity contribution >= 4 is 67.7 Å². The molecule has 1 heterocycles. The predicted molar refractivity (Wildman–Crippen MR) is 124 cm³/mol. The molecule has 2 aromatic carbocycles. The average molecular weight is 591 g/mol. The number of aromatic amines is 1. The van der Waals surface area contributed by atoms with Gasteiger partial charge in [0.15, 0.2) is 0 Å². The number of halogens is 2. The lowest BCUT2D eigenvalue weighted by molar-refractivity contribution is 0.0697. The van der Waals surface area contributed by atoms with Gasteiger partial charge >= 0.3 is 5.97 Å². The summed E-state index contributed by atoms with van der Waals surface area (Å²) in [7, 11) is 0. The minimum atomic E-state index is -0.951. The van der Waals surface area contributed by atoms with Crippen LogP contribution in [0.5, 0.6) is 0 Å². The molecule has 0 spiro atoms. The molecule has 0 atom stereocenters. The third kappa shape index (κ3) is 4.78. The molecule has 0 bridgehead atoms. The number of nitrogens with zero attached hydrogens (tertiary/aromatic N) is 1. The molecule has 0 aliphatic carbocycles. The van der Waals surface area contributed by atoms with E-state index in [1.165, 1.54) is 6.33 Å². The Morgan fingerprint density at radius 3 is 2.26 bits per heavy atom. The van der Waals surface area contributed by atoms with Crippen LogP contribution in [0.3, 0.4) is 0 Å². The SMILES string of the molecule is CCc1c(I)ccc(N)c1C(=O)O.CCc1c(I)ccc2nc[nH]c(=O)c12. The number of hydrogen-bond acceptors (Lipinski definition) is 4. The van der Waals surface area contributed by atoms with Gasteiger partial charge in [-0.1, -0.05) is 13.8 Å². The number of H-pyrrole nitrogens is 1. The highest BCUT2D eigenvalue weighted by Gasteiger charge is 2.14. The van der Waals surface area contributed by atoms with Gasteiger partial charge in [0, 0.05) is 12.8 Å². The zero-order valence-electron chi connectivity index (χ0n) is 14.8. The van der Waals surface area contributed by atoms with Crippen LogP contribution >= 0.6 is 45.2 Å². The summed E-state index contributed by atoms with van der Waals surface area (Å²) in [6.45, 7) is 3.97. The molecule has 4 N–H and O–H groups in total.